The van der Waals surface area contributed by atoms with Crippen LogP contribution in [-0.4, -0.2) is 16.1 Å². The Morgan fingerprint density at radius 1 is 0.769 bits per heavy atom. The number of fused-ring (bicyclic) bond motifs is 1. The quantitative estimate of drug-likeness (QED) is 0.494. The first kappa shape index (κ1) is 16.3. The Morgan fingerprint density at radius 3 is 2.08 bits per heavy atom. The Kier molecular flexibility index (Phi) is 4.15. The predicted octanol–water partition coefficient (Wildman–Crippen LogP) is 5.92. The normalized spacial score (nSPS) is 10.8. The highest BCUT2D eigenvalue weighted by Crippen LogP contribution is 2.28. The van der Waals surface area contributed by atoms with Gasteiger partial charge in [-0.25, -0.2) is 9.78 Å². The smallest absolute Gasteiger partial charge is 0.335 e. The Balaban J connectivity index is 1.89. The number of aromatic carboxylic acids is 1. The number of aromatic nitrogens is 1. The highest BCUT2D eigenvalue weighted by Gasteiger charge is 2.12. The highest BCUT2D eigenvalue weighted by atomic mass is 35.5. The Labute approximate surface area is 155 Å². The van der Waals surface area contributed by atoms with Crippen LogP contribution in [0.25, 0.3) is 33.3 Å². The lowest BCUT2D eigenvalue weighted by molar-refractivity contribution is 0.0697. The average Bonchev–Trinajstić information content (AvgIpc) is 2.67. The molecule has 0 saturated heterocycles. The molecule has 4 heteroatoms. The van der Waals surface area contributed by atoms with E-state index in [1.54, 1.807) is 24.3 Å². The third kappa shape index (κ3) is 3.17. The van der Waals surface area contributed by atoms with Gasteiger partial charge in [0.1, 0.15) is 0 Å². The molecule has 0 aliphatic carbocycles. The van der Waals surface area contributed by atoms with Gasteiger partial charge in [-0.3, -0.25) is 0 Å². The van der Waals surface area contributed by atoms with E-state index in [1.807, 2.05) is 54.6 Å². The molecule has 0 aliphatic rings. The summed E-state index contributed by atoms with van der Waals surface area (Å²) in [4.78, 5) is 16.3. The van der Waals surface area contributed by atoms with Crippen molar-refractivity contribution in [3.8, 4) is 22.5 Å². The van der Waals surface area contributed by atoms with Gasteiger partial charge in [0.2, 0.25) is 0 Å². The summed E-state index contributed by atoms with van der Waals surface area (Å²) in [6.45, 7) is 0. The van der Waals surface area contributed by atoms with E-state index in [0.717, 1.165) is 21.9 Å². The summed E-state index contributed by atoms with van der Waals surface area (Å²) in [6, 6.07) is 24.4. The van der Waals surface area contributed by atoms with Crippen LogP contribution >= 0.6 is 11.6 Å². The minimum atomic E-state index is -0.982. The first-order valence-corrected chi connectivity index (χ1v) is 8.48. The first-order chi connectivity index (χ1) is 12.6. The zero-order chi connectivity index (χ0) is 18.1. The second kappa shape index (κ2) is 6.62. The molecule has 0 aliphatic heterocycles. The molecule has 0 spiro atoms. The number of carboxylic acids is 1. The zero-order valence-electron chi connectivity index (χ0n) is 13.7. The molecule has 4 rings (SSSR count). The fourth-order valence-corrected chi connectivity index (χ4v) is 3.05. The van der Waals surface area contributed by atoms with Crippen molar-refractivity contribution in [1.82, 2.24) is 4.98 Å². The van der Waals surface area contributed by atoms with Gasteiger partial charge in [0, 0.05) is 16.1 Å². The number of nitrogens with zero attached hydrogens (tertiary/aromatic N) is 1. The average molecular weight is 360 g/mol. The third-order valence-corrected chi connectivity index (χ3v) is 4.51. The molecule has 1 N–H and O–H groups in total. The van der Waals surface area contributed by atoms with E-state index in [-0.39, 0.29) is 5.56 Å². The molecule has 26 heavy (non-hydrogen) atoms. The Bertz CT molecular complexity index is 1120. The van der Waals surface area contributed by atoms with Crippen molar-refractivity contribution < 1.29 is 9.90 Å². The topological polar surface area (TPSA) is 50.2 Å². The Morgan fingerprint density at radius 2 is 1.38 bits per heavy atom. The number of carbonyl (C=O) groups is 1. The van der Waals surface area contributed by atoms with Crippen LogP contribution in [0.15, 0.2) is 78.9 Å². The number of hydrogen-bond donors (Lipinski definition) is 1. The van der Waals surface area contributed by atoms with Gasteiger partial charge in [-0.2, -0.15) is 0 Å². The van der Waals surface area contributed by atoms with Gasteiger partial charge in [0.25, 0.3) is 0 Å². The van der Waals surface area contributed by atoms with E-state index in [1.165, 1.54) is 0 Å². The molecule has 1 heterocycles. The van der Waals surface area contributed by atoms with Crippen molar-refractivity contribution in [2.45, 2.75) is 0 Å². The maximum Gasteiger partial charge on any atom is 0.335 e. The molecular weight excluding hydrogens is 346 g/mol. The maximum atomic E-state index is 11.6. The van der Waals surface area contributed by atoms with Crippen molar-refractivity contribution in [1.29, 1.82) is 0 Å². The fourth-order valence-electron chi connectivity index (χ4n) is 2.92. The van der Waals surface area contributed by atoms with Gasteiger partial charge in [-0.1, -0.05) is 60.1 Å². The minimum absolute atomic E-state index is 0.202. The summed E-state index contributed by atoms with van der Waals surface area (Å²) in [5, 5.41) is 12.3. The van der Waals surface area contributed by atoms with E-state index in [9.17, 15) is 9.90 Å². The van der Waals surface area contributed by atoms with E-state index in [2.05, 4.69) is 4.98 Å². The monoisotopic (exact) mass is 359 g/mol. The van der Waals surface area contributed by atoms with Gasteiger partial charge in [-0.05, 0) is 41.1 Å². The van der Waals surface area contributed by atoms with Crippen LogP contribution in [0.4, 0.5) is 0 Å². The van der Waals surface area contributed by atoms with Gasteiger partial charge in [-0.15, -0.1) is 0 Å². The summed E-state index contributed by atoms with van der Waals surface area (Å²) in [5.74, 6) is -0.982. The summed E-state index contributed by atoms with van der Waals surface area (Å²) in [5.41, 5.74) is 3.12. The van der Waals surface area contributed by atoms with E-state index in [0.29, 0.717) is 16.4 Å². The number of halogens is 1. The lowest BCUT2D eigenvalue weighted by Crippen LogP contribution is -2.00. The summed E-state index contributed by atoms with van der Waals surface area (Å²) >= 11 is 5.95. The summed E-state index contributed by atoms with van der Waals surface area (Å²) in [6.07, 6.45) is 0. The standard InChI is InChI=1S/C22H14ClNO2/c23-19-9-7-15(8-10-19)20-12-18(22(25)26)13-21(24-20)17-6-5-14-3-1-2-4-16(14)11-17/h1-13H,(H,25,26). The highest BCUT2D eigenvalue weighted by molar-refractivity contribution is 6.30. The first-order valence-electron chi connectivity index (χ1n) is 8.11. The van der Waals surface area contributed by atoms with Crippen molar-refractivity contribution in [2.24, 2.45) is 0 Å². The molecule has 0 unspecified atom stereocenters. The molecule has 126 valence electrons. The molecule has 0 atom stereocenters. The molecule has 3 nitrogen and oxygen atoms in total. The lowest BCUT2D eigenvalue weighted by atomic mass is 10.0. The Hall–Kier alpha value is -3.17. The zero-order valence-corrected chi connectivity index (χ0v) is 14.4. The number of rotatable bonds is 3. The van der Waals surface area contributed by atoms with Crippen LogP contribution in [0.2, 0.25) is 5.02 Å². The fraction of sp³-hybridized carbons (Fsp3) is 0. The second-order valence-electron chi connectivity index (χ2n) is 6.00. The summed E-state index contributed by atoms with van der Waals surface area (Å²) < 4.78 is 0. The van der Waals surface area contributed by atoms with Gasteiger partial charge < -0.3 is 5.11 Å². The van der Waals surface area contributed by atoms with Gasteiger partial charge >= 0.3 is 5.97 Å². The minimum Gasteiger partial charge on any atom is -0.478 e. The van der Waals surface area contributed by atoms with Crippen molar-refractivity contribution in [3.05, 3.63) is 89.4 Å². The molecule has 3 aromatic carbocycles. The second-order valence-corrected chi connectivity index (χ2v) is 6.44. The molecule has 4 aromatic rings. The SMILES string of the molecule is O=C(O)c1cc(-c2ccc(Cl)cc2)nc(-c2ccc3ccccc3c2)c1. The number of carboxylic acid groups (broad SMARTS) is 1. The predicted molar refractivity (Wildman–Crippen MR) is 105 cm³/mol. The molecule has 0 bridgehead atoms. The van der Waals surface area contributed by atoms with Crippen LogP contribution in [0.1, 0.15) is 10.4 Å². The van der Waals surface area contributed by atoms with E-state index >= 15 is 0 Å². The van der Waals surface area contributed by atoms with Crippen LogP contribution in [0, 0.1) is 0 Å². The van der Waals surface area contributed by atoms with Crippen molar-refractivity contribution >= 4 is 28.3 Å². The van der Waals surface area contributed by atoms with E-state index < -0.39 is 5.97 Å². The lowest BCUT2D eigenvalue weighted by Gasteiger charge is -2.09. The number of pyridine rings is 1. The number of benzene rings is 3. The maximum absolute atomic E-state index is 11.6. The molecule has 0 saturated carbocycles. The molecular formula is C22H14ClNO2. The summed E-state index contributed by atoms with van der Waals surface area (Å²) in [7, 11) is 0. The van der Waals surface area contributed by atoms with Crippen molar-refractivity contribution in [3.63, 3.8) is 0 Å². The van der Waals surface area contributed by atoms with Gasteiger partial charge in [0.15, 0.2) is 0 Å². The van der Waals surface area contributed by atoms with Crippen LogP contribution in [0.3, 0.4) is 0 Å². The van der Waals surface area contributed by atoms with Gasteiger partial charge in [0.05, 0.1) is 17.0 Å². The third-order valence-electron chi connectivity index (χ3n) is 4.26. The number of hydrogen-bond acceptors (Lipinski definition) is 2. The largest absolute Gasteiger partial charge is 0.478 e. The van der Waals surface area contributed by atoms with E-state index in [4.69, 9.17) is 11.6 Å². The van der Waals surface area contributed by atoms with Crippen LogP contribution in [-0.2, 0) is 0 Å². The molecule has 0 fully saturated rings. The van der Waals surface area contributed by atoms with Crippen LogP contribution < -0.4 is 0 Å². The van der Waals surface area contributed by atoms with Crippen LogP contribution in [0.5, 0.6) is 0 Å². The molecule has 0 radical (unpaired) electrons. The molecule has 1 aromatic heterocycles. The molecule has 0 amide bonds. The van der Waals surface area contributed by atoms with Crippen molar-refractivity contribution in [2.75, 3.05) is 0 Å².